The SMILES string of the molecule is C.CC.CC.CC.CC.CC12CC[C@H](O)CC1CCC1C2CC[C@]2(C)C(CCS(=O)(=O)c3ccccc3)CCCC12.[HH]. The molecule has 6 unspecified atom stereocenters. The number of aliphatic hydroxyl groups excluding tert-OH is 1. The molecule has 0 heterocycles. The molecule has 1 aromatic rings. The predicted octanol–water partition coefficient (Wildman–Crippen LogP) is 11.2. The quantitative estimate of drug-likeness (QED) is 0.376. The molecule has 3 nitrogen and oxygen atoms in total. The zero-order chi connectivity index (χ0) is 30.6. The van der Waals surface area contributed by atoms with Gasteiger partial charge in [0.1, 0.15) is 0 Å². The first kappa shape index (κ1) is 40.1. The van der Waals surface area contributed by atoms with Crippen LogP contribution < -0.4 is 0 Å². The van der Waals surface area contributed by atoms with Crippen LogP contribution in [0, 0.1) is 40.4 Å². The van der Waals surface area contributed by atoms with Gasteiger partial charge in [-0.15, -0.1) is 0 Å². The fourth-order valence-electron chi connectivity index (χ4n) is 9.06. The van der Waals surface area contributed by atoms with Crippen molar-refractivity contribution in [1.29, 1.82) is 0 Å². The Morgan fingerprint density at radius 3 is 1.95 bits per heavy atom. The van der Waals surface area contributed by atoms with Crippen molar-refractivity contribution in [3.63, 3.8) is 0 Å². The average Bonchev–Trinajstić information content (AvgIpc) is 3.00. The molecule has 0 radical (unpaired) electrons. The molecular formula is C37H72O3S. The van der Waals surface area contributed by atoms with Crippen molar-refractivity contribution < 1.29 is 15.0 Å². The van der Waals surface area contributed by atoms with Crippen molar-refractivity contribution in [2.45, 2.75) is 158 Å². The molecule has 0 saturated heterocycles. The molecule has 4 aliphatic carbocycles. The van der Waals surface area contributed by atoms with Crippen LogP contribution in [0.3, 0.4) is 0 Å². The van der Waals surface area contributed by atoms with E-state index < -0.39 is 9.84 Å². The van der Waals surface area contributed by atoms with Crippen LogP contribution in [0.1, 0.15) is 149 Å². The monoisotopic (exact) mass is 597 g/mol. The largest absolute Gasteiger partial charge is 0.393 e. The van der Waals surface area contributed by atoms with Gasteiger partial charge in [-0.1, -0.05) is 101 Å². The summed E-state index contributed by atoms with van der Waals surface area (Å²) in [5.74, 6) is 3.88. The van der Waals surface area contributed by atoms with Gasteiger partial charge in [0.15, 0.2) is 9.84 Å². The van der Waals surface area contributed by atoms with E-state index in [0.717, 1.165) is 37.0 Å². The van der Waals surface area contributed by atoms with Crippen molar-refractivity contribution >= 4 is 9.84 Å². The second-order valence-electron chi connectivity index (χ2n) is 12.2. The van der Waals surface area contributed by atoms with E-state index in [1.807, 2.05) is 73.6 Å². The Morgan fingerprint density at radius 1 is 0.780 bits per heavy atom. The van der Waals surface area contributed by atoms with Crippen molar-refractivity contribution in [2.75, 3.05) is 5.75 Å². The molecule has 4 heteroatoms. The van der Waals surface area contributed by atoms with Gasteiger partial charge in [-0.05, 0) is 117 Å². The molecule has 0 aromatic heterocycles. The van der Waals surface area contributed by atoms with Crippen LogP contribution in [0.25, 0.3) is 0 Å². The van der Waals surface area contributed by atoms with Gasteiger partial charge in [0, 0.05) is 1.43 Å². The van der Waals surface area contributed by atoms with Crippen LogP contribution in [0.4, 0.5) is 0 Å². The van der Waals surface area contributed by atoms with E-state index in [4.69, 9.17) is 0 Å². The summed E-state index contributed by atoms with van der Waals surface area (Å²) < 4.78 is 25.9. The Bertz CT molecular complexity index is 920. The Kier molecular flexibility index (Phi) is 18.3. The fourth-order valence-corrected chi connectivity index (χ4v) is 10.5. The summed E-state index contributed by atoms with van der Waals surface area (Å²) in [4.78, 5) is 0.479. The second-order valence-corrected chi connectivity index (χ2v) is 14.3. The molecule has 5 rings (SSSR count). The van der Waals surface area contributed by atoms with E-state index in [1.165, 1.54) is 51.4 Å². The van der Waals surface area contributed by atoms with Gasteiger partial charge in [-0.2, -0.15) is 0 Å². The Morgan fingerprint density at radius 2 is 1.34 bits per heavy atom. The van der Waals surface area contributed by atoms with Crippen molar-refractivity contribution in [1.82, 2.24) is 0 Å². The van der Waals surface area contributed by atoms with Gasteiger partial charge in [0.25, 0.3) is 0 Å². The lowest BCUT2D eigenvalue weighted by Crippen LogP contribution is -2.56. The minimum atomic E-state index is -3.20. The maximum atomic E-state index is 13.0. The second kappa shape index (κ2) is 18.7. The van der Waals surface area contributed by atoms with Gasteiger partial charge >= 0.3 is 0 Å². The molecule has 4 fully saturated rings. The Balaban J connectivity index is 0. The molecular weight excluding hydrogens is 524 g/mol. The summed E-state index contributed by atoms with van der Waals surface area (Å²) in [6, 6.07) is 9.02. The summed E-state index contributed by atoms with van der Waals surface area (Å²) >= 11 is 0. The number of hydrogen-bond acceptors (Lipinski definition) is 3. The third-order valence-electron chi connectivity index (χ3n) is 10.9. The van der Waals surface area contributed by atoms with Crippen LogP contribution >= 0.6 is 0 Å². The molecule has 41 heavy (non-hydrogen) atoms. The average molecular weight is 597 g/mol. The van der Waals surface area contributed by atoms with E-state index >= 15 is 0 Å². The van der Waals surface area contributed by atoms with E-state index in [0.29, 0.717) is 27.6 Å². The number of benzene rings is 1. The highest BCUT2D eigenvalue weighted by molar-refractivity contribution is 7.91. The zero-order valence-corrected chi connectivity index (χ0v) is 28.8. The molecule has 1 aromatic carbocycles. The first-order valence-electron chi connectivity index (χ1n) is 17.2. The third-order valence-corrected chi connectivity index (χ3v) is 12.7. The zero-order valence-electron chi connectivity index (χ0n) is 28.0. The highest BCUT2D eigenvalue weighted by atomic mass is 32.2. The molecule has 4 aliphatic rings. The van der Waals surface area contributed by atoms with Crippen LogP contribution in [-0.2, 0) is 9.84 Å². The number of hydrogen-bond donors (Lipinski definition) is 1. The minimum absolute atomic E-state index is 0. The highest BCUT2D eigenvalue weighted by Crippen LogP contribution is 2.66. The predicted molar refractivity (Wildman–Crippen MR) is 183 cm³/mol. The van der Waals surface area contributed by atoms with Gasteiger partial charge in [0.05, 0.1) is 16.8 Å². The van der Waals surface area contributed by atoms with E-state index in [-0.39, 0.29) is 20.7 Å². The number of fused-ring (bicyclic) bond motifs is 5. The van der Waals surface area contributed by atoms with E-state index in [9.17, 15) is 13.5 Å². The lowest BCUT2D eigenvalue weighted by molar-refractivity contribution is -0.151. The number of sulfone groups is 1. The van der Waals surface area contributed by atoms with Crippen LogP contribution in [0.15, 0.2) is 35.2 Å². The topological polar surface area (TPSA) is 54.4 Å². The van der Waals surface area contributed by atoms with Crippen molar-refractivity contribution in [2.24, 2.45) is 40.4 Å². The fraction of sp³-hybridized carbons (Fsp3) is 0.838. The lowest BCUT2D eigenvalue weighted by atomic mass is 9.41. The molecule has 244 valence electrons. The van der Waals surface area contributed by atoms with Gasteiger partial charge in [-0.25, -0.2) is 8.42 Å². The van der Waals surface area contributed by atoms with Crippen molar-refractivity contribution in [3.05, 3.63) is 30.3 Å². The van der Waals surface area contributed by atoms with E-state index in [2.05, 4.69) is 13.8 Å². The maximum Gasteiger partial charge on any atom is 0.178 e. The molecule has 0 aliphatic heterocycles. The van der Waals surface area contributed by atoms with Crippen LogP contribution in [0.2, 0.25) is 0 Å². The van der Waals surface area contributed by atoms with Gasteiger partial charge in [-0.3, -0.25) is 0 Å². The molecule has 0 bridgehead atoms. The molecule has 0 spiro atoms. The summed E-state index contributed by atoms with van der Waals surface area (Å²) in [5, 5.41) is 10.3. The number of aliphatic hydroxyl groups is 1. The Labute approximate surface area is 259 Å². The van der Waals surface area contributed by atoms with Gasteiger partial charge < -0.3 is 5.11 Å². The maximum absolute atomic E-state index is 13.0. The molecule has 0 amide bonds. The Hall–Kier alpha value is -0.870. The summed E-state index contributed by atoms with van der Waals surface area (Å²) in [5.41, 5.74) is 0.704. The highest BCUT2D eigenvalue weighted by Gasteiger charge is 2.58. The van der Waals surface area contributed by atoms with Crippen LogP contribution in [0.5, 0.6) is 0 Å². The molecule has 8 atom stereocenters. The third kappa shape index (κ3) is 8.84. The lowest BCUT2D eigenvalue weighted by Gasteiger charge is -2.64. The molecule has 1 N–H and O–H groups in total. The normalized spacial score (nSPS) is 35.1. The van der Waals surface area contributed by atoms with E-state index in [1.54, 1.807) is 12.1 Å². The first-order chi connectivity index (χ1) is 19.2. The smallest absolute Gasteiger partial charge is 0.178 e. The number of rotatable bonds is 4. The standard InChI is InChI=1S/C28H42O3S.4C2H6.CH4.H2/c1-27-17-14-26-24(12-11-21-19-22(29)13-16-28(21,26)2)25(27)10-6-7-20(27)15-18-32(30,31)23-8-4-3-5-9-23;4*1-2;;/h3-5,8-9,20-22,24-26,29H,6-7,10-19H2,1-2H3;4*1-2H3;1H4;1H/t20?,21?,22-,24?,25?,26?,27+,28?;;;;;;/m0....../s1. The van der Waals surface area contributed by atoms with Crippen molar-refractivity contribution in [3.8, 4) is 0 Å². The summed E-state index contributed by atoms with van der Waals surface area (Å²) in [7, 11) is -3.20. The van der Waals surface area contributed by atoms with Gasteiger partial charge in [0.2, 0.25) is 0 Å². The summed E-state index contributed by atoms with van der Waals surface area (Å²) in [6.07, 6.45) is 12.9. The van der Waals surface area contributed by atoms with Crippen LogP contribution in [-0.4, -0.2) is 25.4 Å². The molecule has 4 saturated carbocycles. The minimum Gasteiger partial charge on any atom is -0.393 e. The summed E-state index contributed by atoms with van der Waals surface area (Å²) in [6.45, 7) is 21.1. The first-order valence-corrected chi connectivity index (χ1v) is 18.8.